The molecule has 0 rings (SSSR count). The summed E-state index contributed by atoms with van der Waals surface area (Å²) in [5, 5.41) is 2.74. The van der Waals surface area contributed by atoms with E-state index in [0.717, 1.165) is 0 Å². The average molecular weight is 160 g/mol. The lowest BCUT2D eigenvalue weighted by Gasteiger charge is -2.25. The first-order valence-electron chi connectivity index (χ1n) is 3.31. The summed E-state index contributed by atoms with van der Waals surface area (Å²) >= 11 is 5.11. The molecule has 1 radical (unpaired) electrons. The highest BCUT2D eigenvalue weighted by atomic mass is 32.1. The van der Waals surface area contributed by atoms with Gasteiger partial charge in [0, 0.05) is 17.7 Å². The Morgan fingerprint density at radius 3 is 2.10 bits per heavy atom. The van der Waals surface area contributed by atoms with E-state index in [1.54, 1.807) is 0 Å². The van der Waals surface area contributed by atoms with Crippen LogP contribution in [0.4, 0.5) is 0 Å². The quantitative estimate of drug-likeness (QED) is 0.651. The standard InChI is InChI=1S/C7H14NOS/c1-5(7(3,4)10)8-6(2)9/h5H,1-4H3,(H,8,9)/t5-/m1/s1. The normalized spacial score (nSPS) is 14.5. The van der Waals surface area contributed by atoms with Crippen molar-refractivity contribution in [3.05, 3.63) is 0 Å². The molecular formula is C7H14NOS. The summed E-state index contributed by atoms with van der Waals surface area (Å²) in [5.74, 6) is -0.0228. The van der Waals surface area contributed by atoms with Gasteiger partial charge in [0.1, 0.15) is 0 Å². The summed E-state index contributed by atoms with van der Waals surface area (Å²) in [6.07, 6.45) is 0. The van der Waals surface area contributed by atoms with E-state index in [4.69, 9.17) is 12.6 Å². The molecule has 59 valence electrons. The van der Waals surface area contributed by atoms with Crippen LogP contribution in [0.5, 0.6) is 0 Å². The molecule has 0 aromatic heterocycles. The SMILES string of the molecule is CC(=O)N[C@H](C)C(C)(C)[S]. The molecule has 1 amide bonds. The monoisotopic (exact) mass is 160 g/mol. The molecule has 0 aliphatic carbocycles. The number of amides is 1. The molecule has 0 unspecified atom stereocenters. The highest BCUT2D eigenvalue weighted by molar-refractivity contribution is 7.81. The van der Waals surface area contributed by atoms with Crippen molar-refractivity contribution < 1.29 is 4.79 Å². The highest BCUT2D eigenvalue weighted by Gasteiger charge is 2.22. The fourth-order valence-electron chi connectivity index (χ4n) is 0.479. The van der Waals surface area contributed by atoms with E-state index in [-0.39, 0.29) is 16.7 Å². The van der Waals surface area contributed by atoms with Gasteiger partial charge in [-0.05, 0) is 20.8 Å². The highest BCUT2D eigenvalue weighted by Crippen LogP contribution is 2.16. The Morgan fingerprint density at radius 2 is 2.00 bits per heavy atom. The molecule has 0 aromatic carbocycles. The lowest BCUT2D eigenvalue weighted by atomic mass is 10.1. The Kier molecular flexibility index (Phi) is 3.22. The Hall–Kier alpha value is -0.180. The first-order chi connectivity index (χ1) is 4.34. The lowest BCUT2D eigenvalue weighted by Crippen LogP contribution is -2.43. The number of hydrogen-bond donors (Lipinski definition) is 1. The fourth-order valence-corrected chi connectivity index (χ4v) is 0.538. The van der Waals surface area contributed by atoms with Crippen molar-refractivity contribution >= 4 is 18.5 Å². The van der Waals surface area contributed by atoms with Gasteiger partial charge in [-0.3, -0.25) is 4.79 Å². The Bertz CT molecular complexity index is 128. The molecule has 10 heavy (non-hydrogen) atoms. The van der Waals surface area contributed by atoms with E-state index in [0.29, 0.717) is 0 Å². The zero-order valence-corrected chi connectivity index (χ0v) is 7.71. The summed E-state index contributed by atoms with van der Waals surface area (Å²) in [6.45, 7) is 7.25. The number of carbonyl (C=O) groups is 1. The van der Waals surface area contributed by atoms with Gasteiger partial charge in [-0.15, -0.1) is 0 Å². The minimum Gasteiger partial charge on any atom is -0.352 e. The van der Waals surface area contributed by atoms with Gasteiger partial charge in [-0.25, -0.2) is 0 Å². The third-order valence-electron chi connectivity index (χ3n) is 1.46. The van der Waals surface area contributed by atoms with E-state index in [2.05, 4.69) is 5.32 Å². The van der Waals surface area contributed by atoms with Crippen LogP contribution < -0.4 is 5.32 Å². The van der Waals surface area contributed by atoms with Crippen molar-refractivity contribution in [1.82, 2.24) is 5.32 Å². The van der Waals surface area contributed by atoms with E-state index < -0.39 is 0 Å². The molecule has 0 aliphatic heterocycles. The van der Waals surface area contributed by atoms with E-state index in [1.807, 2.05) is 20.8 Å². The van der Waals surface area contributed by atoms with Crippen LogP contribution in [0.3, 0.4) is 0 Å². The number of rotatable bonds is 2. The first kappa shape index (κ1) is 9.82. The van der Waals surface area contributed by atoms with Gasteiger partial charge in [-0.2, -0.15) is 0 Å². The zero-order valence-electron chi connectivity index (χ0n) is 6.89. The first-order valence-corrected chi connectivity index (χ1v) is 3.72. The predicted octanol–water partition coefficient (Wildman–Crippen LogP) is 1.49. The molecule has 1 atom stereocenters. The maximum absolute atomic E-state index is 10.5. The molecule has 1 N–H and O–H groups in total. The molecule has 0 bridgehead atoms. The van der Waals surface area contributed by atoms with Crippen LogP contribution in [0.25, 0.3) is 0 Å². The molecular weight excluding hydrogens is 146 g/mol. The third-order valence-corrected chi connectivity index (χ3v) is 1.82. The van der Waals surface area contributed by atoms with Gasteiger partial charge in [0.2, 0.25) is 5.91 Å². The van der Waals surface area contributed by atoms with Crippen molar-refractivity contribution in [2.45, 2.75) is 38.5 Å². The van der Waals surface area contributed by atoms with E-state index in [1.165, 1.54) is 6.92 Å². The fraction of sp³-hybridized carbons (Fsp3) is 0.857. The van der Waals surface area contributed by atoms with Crippen LogP contribution in [0.1, 0.15) is 27.7 Å². The number of carbonyl (C=O) groups excluding carboxylic acids is 1. The van der Waals surface area contributed by atoms with Gasteiger partial charge in [-0.1, -0.05) is 12.6 Å². The van der Waals surface area contributed by atoms with Crippen LogP contribution in [0.15, 0.2) is 0 Å². The average Bonchev–Trinajstić information content (AvgIpc) is 1.60. The largest absolute Gasteiger partial charge is 0.352 e. The molecule has 0 aromatic rings. The molecule has 0 heterocycles. The number of nitrogens with one attached hydrogen (secondary N) is 1. The summed E-state index contributed by atoms with van der Waals surface area (Å²) in [6, 6.07) is 0.0556. The molecule has 0 spiro atoms. The second-order valence-corrected chi connectivity index (χ2v) is 4.08. The Morgan fingerprint density at radius 1 is 1.60 bits per heavy atom. The third kappa shape index (κ3) is 3.77. The van der Waals surface area contributed by atoms with Crippen molar-refractivity contribution in [2.24, 2.45) is 0 Å². The summed E-state index contributed by atoms with van der Waals surface area (Å²) in [7, 11) is 0. The summed E-state index contributed by atoms with van der Waals surface area (Å²) in [5.41, 5.74) is 0. The van der Waals surface area contributed by atoms with Gasteiger partial charge >= 0.3 is 0 Å². The van der Waals surface area contributed by atoms with Crippen LogP contribution in [0, 0.1) is 0 Å². The van der Waals surface area contributed by atoms with E-state index >= 15 is 0 Å². The maximum atomic E-state index is 10.5. The van der Waals surface area contributed by atoms with E-state index in [9.17, 15) is 4.79 Å². The molecule has 0 aliphatic rings. The Balaban J connectivity index is 3.85. The molecule has 3 heteroatoms. The topological polar surface area (TPSA) is 29.1 Å². The van der Waals surface area contributed by atoms with Gasteiger partial charge in [0.25, 0.3) is 0 Å². The summed E-state index contributed by atoms with van der Waals surface area (Å²) < 4.78 is -0.258. The minimum atomic E-state index is -0.258. The lowest BCUT2D eigenvalue weighted by molar-refractivity contribution is -0.119. The van der Waals surface area contributed by atoms with Crippen molar-refractivity contribution in [3.8, 4) is 0 Å². The Labute approximate surface area is 67.8 Å². The zero-order chi connectivity index (χ0) is 8.36. The van der Waals surface area contributed by atoms with Crippen LogP contribution >= 0.6 is 12.6 Å². The van der Waals surface area contributed by atoms with Crippen molar-refractivity contribution in [2.75, 3.05) is 0 Å². The predicted molar refractivity (Wildman–Crippen MR) is 44.9 cm³/mol. The number of hydrogen-bond acceptors (Lipinski definition) is 1. The smallest absolute Gasteiger partial charge is 0.217 e. The molecule has 0 saturated heterocycles. The van der Waals surface area contributed by atoms with Gasteiger partial charge in [0.05, 0.1) is 0 Å². The van der Waals surface area contributed by atoms with Crippen LogP contribution in [-0.4, -0.2) is 16.7 Å². The van der Waals surface area contributed by atoms with Crippen molar-refractivity contribution in [1.29, 1.82) is 0 Å². The molecule has 0 saturated carbocycles. The molecule has 2 nitrogen and oxygen atoms in total. The van der Waals surface area contributed by atoms with Crippen LogP contribution in [-0.2, 0) is 4.79 Å². The summed E-state index contributed by atoms with van der Waals surface area (Å²) in [4.78, 5) is 10.5. The molecule has 0 fully saturated rings. The second-order valence-electron chi connectivity index (χ2n) is 3.03. The second kappa shape index (κ2) is 3.28. The van der Waals surface area contributed by atoms with Gasteiger partial charge < -0.3 is 5.32 Å². The van der Waals surface area contributed by atoms with Gasteiger partial charge in [0.15, 0.2) is 0 Å². The maximum Gasteiger partial charge on any atom is 0.217 e. The minimum absolute atomic E-state index is 0.0228. The van der Waals surface area contributed by atoms with Crippen molar-refractivity contribution in [3.63, 3.8) is 0 Å². The van der Waals surface area contributed by atoms with Crippen LogP contribution in [0.2, 0.25) is 0 Å².